The van der Waals surface area contributed by atoms with E-state index in [9.17, 15) is 0 Å². The number of carboxylic acid groups (broad SMARTS) is 1. The Morgan fingerprint density at radius 3 is 1.11 bits per heavy atom. The molecule has 0 aromatic carbocycles. The Hall–Kier alpha value is -0.158. The molecule has 9 heavy (non-hydrogen) atoms. The number of hydrogen-bond donors (Lipinski definition) is 0. The van der Waals surface area contributed by atoms with Crippen LogP contribution < -0.4 is 5.11 Å². The van der Waals surface area contributed by atoms with Gasteiger partial charge in [-0.15, -0.1) is 0 Å². The fourth-order valence-corrected chi connectivity index (χ4v) is 0. The Balaban J connectivity index is -0.00000000450. The predicted molar refractivity (Wildman–Crippen MR) is 30.9 cm³/mol. The van der Waals surface area contributed by atoms with Crippen LogP contribution in [-0.2, 0) is 4.79 Å². The fraction of sp³-hybridized carbons (Fsp3) is 0.500. The summed E-state index contributed by atoms with van der Waals surface area (Å²) >= 11 is 0. The van der Waals surface area contributed by atoms with Crippen LogP contribution in [0, 0.1) is 0 Å². The molecule has 0 saturated carbocycles. The third-order valence-corrected chi connectivity index (χ3v) is 0. The average Bonchev–Trinajstić information content (AvgIpc) is 0.811. The minimum absolute atomic E-state index is 0. The van der Waals surface area contributed by atoms with Crippen LogP contribution in [0.3, 0.4) is 0 Å². The van der Waals surface area contributed by atoms with Gasteiger partial charge in [0.15, 0.2) is 0 Å². The molecule has 7 heteroatoms. The minimum atomic E-state index is -1.08. The van der Waals surface area contributed by atoms with Crippen molar-refractivity contribution < 1.29 is 31.8 Å². The van der Waals surface area contributed by atoms with Crippen LogP contribution >= 0.6 is 0 Å². The summed E-state index contributed by atoms with van der Waals surface area (Å²) in [5.74, 6) is -1.08. The Morgan fingerprint density at radius 2 is 1.11 bits per heavy atom. The molecule has 0 heterocycles. The summed E-state index contributed by atoms with van der Waals surface area (Å²) in [4.78, 5) is 8.89. The van der Waals surface area contributed by atoms with Gasteiger partial charge in [0.1, 0.15) is 0 Å². The first-order chi connectivity index (χ1) is 1.73. The Morgan fingerprint density at radius 1 is 1.11 bits per heavy atom. The van der Waals surface area contributed by atoms with E-state index in [2.05, 4.69) is 0 Å². The van der Waals surface area contributed by atoms with Gasteiger partial charge in [-0.1, -0.05) is 0 Å². The topological polar surface area (TPSA) is 166 Å². The molecule has 0 saturated heterocycles. The normalized spacial score (nSPS) is 2.78. The molecule has 0 aliphatic rings. The van der Waals surface area contributed by atoms with Gasteiger partial charge in [0.2, 0.25) is 0 Å². The fourth-order valence-electron chi connectivity index (χ4n) is 0. The standard InChI is InChI=1S/C2H4O2.Al.4H2O/c1-2(3)4;;;;;/h1H3,(H,3,4);;4*1H2/q;+3;;;;/p-1. The molecule has 0 rings (SSSR count). The van der Waals surface area contributed by atoms with Gasteiger partial charge >= 0.3 is 17.4 Å². The summed E-state index contributed by atoms with van der Waals surface area (Å²) in [5, 5.41) is 8.89. The zero-order valence-electron chi connectivity index (χ0n) is 4.89. The van der Waals surface area contributed by atoms with Gasteiger partial charge in [0.05, 0.1) is 0 Å². The quantitative estimate of drug-likeness (QED) is 0.322. The van der Waals surface area contributed by atoms with Crippen molar-refractivity contribution in [3.8, 4) is 0 Å². The van der Waals surface area contributed by atoms with Crippen LogP contribution in [0.15, 0.2) is 0 Å². The van der Waals surface area contributed by atoms with E-state index in [1.54, 1.807) is 0 Å². The van der Waals surface area contributed by atoms with Gasteiger partial charge in [0.25, 0.3) is 0 Å². The molecular formula is C2H11AlO6+2. The average molecular weight is 158 g/mol. The molecular weight excluding hydrogens is 147 g/mol. The monoisotopic (exact) mass is 158 g/mol. The molecule has 56 valence electrons. The first-order valence-electron chi connectivity index (χ1n) is 0.908. The third-order valence-electron chi connectivity index (χ3n) is 0. The van der Waals surface area contributed by atoms with Crippen LogP contribution in [-0.4, -0.2) is 45.2 Å². The molecule has 0 fully saturated rings. The molecule has 0 atom stereocenters. The van der Waals surface area contributed by atoms with E-state index in [-0.39, 0.29) is 39.3 Å². The number of hydrogen-bond acceptors (Lipinski definition) is 2. The summed E-state index contributed by atoms with van der Waals surface area (Å²) in [6.07, 6.45) is 0. The van der Waals surface area contributed by atoms with E-state index in [0.29, 0.717) is 0 Å². The van der Waals surface area contributed by atoms with Gasteiger partial charge in [-0.05, 0) is 6.92 Å². The van der Waals surface area contributed by atoms with Crippen LogP contribution in [0.1, 0.15) is 6.92 Å². The number of carbonyl (C=O) groups excluding carboxylic acids is 1. The molecule has 0 radical (unpaired) electrons. The summed E-state index contributed by atoms with van der Waals surface area (Å²) in [5.41, 5.74) is 0. The Labute approximate surface area is 62.9 Å². The number of aliphatic carboxylic acids is 1. The number of carboxylic acids is 1. The van der Waals surface area contributed by atoms with Crippen molar-refractivity contribution in [2.75, 3.05) is 0 Å². The molecule has 0 spiro atoms. The van der Waals surface area contributed by atoms with Crippen molar-refractivity contribution >= 4 is 23.3 Å². The molecule has 8 N–H and O–H groups in total. The van der Waals surface area contributed by atoms with E-state index in [1.807, 2.05) is 0 Å². The molecule has 0 aliphatic heterocycles. The van der Waals surface area contributed by atoms with Crippen LogP contribution in [0.25, 0.3) is 0 Å². The van der Waals surface area contributed by atoms with E-state index in [4.69, 9.17) is 9.90 Å². The maximum absolute atomic E-state index is 8.89. The molecule has 0 bridgehead atoms. The molecule has 0 aromatic rings. The SMILES string of the molecule is CC(=O)[O-].O.O.O.O.[Al+3]. The van der Waals surface area contributed by atoms with E-state index in [1.165, 1.54) is 0 Å². The number of carbonyl (C=O) groups is 1. The Bertz CT molecular complexity index is 34.0. The molecule has 0 amide bonds. The predicted octanol–water partition coefficient (Wildman–Crippen LogP) is -4.92. The summed E-state index contributed by atoms with van der Waals surface area (Å²) in [6.45, 7) is 0.972. The van der Waals surface area contributed by atoms with Gasteiger partial charge in [-0.25, -0.2) is 0 Å². The zero-order valence-corrected chi connectivity index (χ0v) is 6.05. The minimum Gasteiger partial charge on any atom is -0.550 e. The second-order valence-corrected chi connectivity index (χ2v) is 0.492. The summed E-state index contributed by atoms with van der Waals surface area (Å²) in [7, 11) is 0. The van der Waals surface area contributed by atoms with Crippen molar-refractivity contribution in [3.63, 3.8) is 0 Å². The first kappa shape index (κ1) is 67.3. The summed E-state index contributed by atoms with van der Waals surface area (Å²) in [6, 6.07) is 0. The smallest absolute Gasteiger partial charge is 0.550 e. The largest absolute Gasteiger partial charge is 3.00 e. The first-order valence-corrected chi connectivity index (χ1v) is 0.908. The van der Waals surface area contributed by atoms with E-state index in [0.717, 1.165) is 6.92 Å². The number of rotatable bonds is 0. The molecule has 0 unspecified atom stereocenters. The third kappa shape index (κ3) is 10800. The second kappa shape index (κ2) is 45.4. The maximum Gasteiger partial charge on any atom is 3.00 e. The van der Waals surface area contributed by atoms with Crippen molar-refractivity contribution in [2.45, 2.75) is 6.92 Å². The van der Waals surface area contributed by atoms with Gasteiger partial charge in [0, 0.05) is 5.97 Å². The van der Waals surface area contributed by atoms with Crippen molar-refractivity contribution in [1.82, 2.24) is 0 Å². The maximum atomic E-state index is 8.89. The van der Waals surface area contributed by atoms with Gasteiger partial charge < -0.3 is 31.8 Å². The van der Waals surface area contributed by atoms with Crippen molar-refractivity contribution in [3.05, 3.63) is 0 Å². The zero-order chi connectivity index (χ0) is 3.58. The van der Waals surface area contributed by atoms with Crippen molar-refractivity contribution in [2.24, 2.45) is 0 Å². The Kier molecular flexibility index (Phi) is 340. The van der Waals surface area contributed by atoms with E-state index < -0.39 is 5.97 Å². The molecule has 0 aliphatic carbocycles. The van der Waals surface area contributed by atoms with E-state index >= 15 is 0 Å². The van der Waals surface area contributed by atoms with Gasteiger partial charge in [-0.3, -0.25) is 0 Å². The van der Waals surface area contributed by atoms with Gasteiger partial charge in [-0.2, -0.15) is 0 Å². The van der Waals surface area contributed by atoms with Crippen LogP contribution in [0.2, 0.25) is 0 Å². The van der Waals surface area contributed by atoms with Crippen molar-refractivity contribution in [1.29, 1.82) is 0 Å². The molecule has 6 nitrogen and oxygen atoms in total. The second-order valence-electron chi connectivity index (χ2n) is 0.492. The molecule has 0 aromatic heterocycles. The van der Waals surface area contributed by atoms with Crippen LogP contribution in [0.4, 0.5) is 0 Å². The summed E-state index contributed by atoms with van der Waals surface area (Å²) < 4.78 is 0. The van der Waals surface area contributed by atoms with Crippen LogP contribution in [0.5, 0.6) is 0 Å².